The van der Waals surface area contributed by atoms with E-state index in [0.717, 1.165) is 23.9 Å². The Hall–Kier alpha value is -2.29. The normalized spacial score (nSPS) is 13.9. The third kappa shape index (κ3) is 4.09. The van der Waals surface area contributed by atoms with Crippen LogP contribution in [-0.4, -0.2) is 31.9 Å². The summed E-state index contributed by atoms with van der Waals surface area (Å²) in [4.78, 5) is 24.2. The number of carbonyl (C=O) groups is 1. The number of nitrogens with one attached hydrogen (secondary N) is 1. The molecule has 0 unspecified atom stereocenters. The van der Waals surface area contributed by atoms with Crippen LogP contribution >= 0.6 is 34.5 Å². The van der Waals surface area contributed by atoms with Gasteiger partial charge < -0.3 is 5.32 Å². The number of benzene rings is 1. The van der Waals surface area contributed by atoms with Crippen LogP contribution in [0.25, 0.3) is 21.3 Å². The second-order valence-corrected chi connectivity index (χ2v) is 8.27. The minimum Gasteiger partial charge on any atom is -0.352 e. The van der Waals surface area contributed by atoms with Crippen molar-refractivity contribution in [3.8, 4) is 21.3 Å². The fraction of sp³-hybridized carbons (Fsp3) is 0.278. The van der Waals surface area contributed by atoms with Crippen LogP contribution in [0.1, 0.15) is 19.3 Å². The van der Waals surface area contributed by atoms with E-state index in [1.807, 2.05) is 0 Å². The lowest BCUT2D eigenvalue weighted by Gasteiger charge is -2.26. The van der Waals surface area contributed by atoms with E-state index >= 15 is 0 Å². The Morgan fingerprint density at radius 2 is 1.96 bits per heavy atom. The van der Waals surface area contributed by atoms with Gasteiger partial charge in [0.1, 0.15) is 17.2 Å². The van der Waals surface area contributed by atoms with Gasteiger partial charge in [-0.3, -0.25) is 9.59 Å². The van der Waals surface area contributed by atoms with Crippen molar-refractivity contribution in [3.05, 3.63) is 50.7 Å². The standard InChI is InChI=1S/C18H15Cl2N5O2S/c19-10-4-5-13(20)12(8-10)17-22-23-18(28-17)14-6-7-16(27)25(24-14)9-15(26)21-11-2-1-3-11/h4-8,11H,1-3,9H2,(H,21,26). The highest BCUT2D eigenvalue weighted by Gasteiger charge is 2.20. The molecule has 0 spiro atoms. The fourth-order valence-electron chi connectivity index (χ4n) is 2.74. The second-order valence-electron chi connectivity index (χ2n) is 6.45. The highest BCUT2D eigenvalue weighted by atomic mass is 35.5. The maximum absolute atomic E-state index is 12.1. The van der Waals surface area contributed by atoms with Crippen molar-refractivity contribution in [1.82, 2.24) is 25.3 Å². The van der Waals surface area contributed by atoms with Gasteiger partial charge in [0, 0.05) is 22.7 Å². The average molecular weight is 436 g/mol. The smallest absolute Gasteiger partial charge is 0.267 e. The van der Waals surface area contributed by atoms with Crippen LogP contribution in [0, 0.1) is 0 Å². The Morgan fingerprint density at radius 1 is 1.18 bits per heavy atom. The number of carbonyl (C=O) groups excluding carboxylic acids is 1. The van der Waals surface area contributed by atoms with E-state index in [1.165, 1.54) is 17.4 Å². The Labute approximate surface area is 174 Å². The lowest BCUT2D eigenvalue weighted by molar-refractivity contribution is -0.123. The van der Waals surface area contributed by atoms with E-state index < -0.39 is 0 Å². The number of hydrogen-bond acceptors (Lipinski definition) is 6. The Morgan fingerprint density at radius 3 is 2.71 bits per heavy atom. The minimum atomic E-state index is -0.352. The predicted molar refractivity (Wildman–Crippen MR) is 109 cm³/mol. The van der Waals surface area contributed by atoms with Gasteiger partial charge in [0.2, 0.25) is 5.91 Å². The monoisotopic (exact) mass is 435 g/mol. The van der Waals surface area contributed by atoms with Gasteiger partial charge in [0.25, 0.3) is 5.56 Å². The molecule has 1 amide bonds. The summed E-state index contributed by atoms with van der Waals surface area (Å²) in [6, 6.07) is 8.24. The fourth-order valence-corrected chi connectivity index (χ4v) is 4.01. The molecule has 1 fully saturated rings. The summed E-state index contributed by atoms with van der Waals surface area (Å²) >= 11 is 13.5. The molecule has 4 rings (SSSR count). The molecule has 0 radical (unpaired) electrons. The minimum absolute atomic E-state index is 0.130. The lowest BCUT2D eigenvalue weighted by atomic mass is 9.93. The zero-order chi connectivity index (χ0) is 19.7. The quantitative estimate of drug-likeness (QED) is 0.662. The van der Waals surface area contributed by atoms with Crippen LogP contribution < -0.4 is 10.9 Å². The van der Waals surface area contributed by atoms with Gasteiger partial charge in [0.15, 0.2) is 5.01 Å². The van der Waals surface area contributed by atoms with E-state index in [-0.39, 0.29) is 24.1 Å². The maximum atomic E-state index is 12.1. The summed E-state index contributed by atoms with van der Waals surface area (Å²) < 4.78 is 1.14. The molecule has 10 heteroatoms. The summed E-state index contributed by atoms with van der Waals surface area (Å²) in [5, 5.41) is 17.6. The molecule has 28 heavy (non-hydrogen) atoms. The topological polar surface area (TPSA) is 89.8 Å². The maximum Gasteiger partial charge on any atom is 0.267 e. The van der Waals surface area contributed by atoms with Crippen LogP contribution in [0.2, 0.25) is 10.0 Å². The first-order valence-corrected chi connectivity index (χ1v) is 10.2. The summed E-state index contributed by atoms with van der Waals surface area (Å²) in [6.45, 7) is -0.130. The Balaban J connectivity index is 1.58. The van der Waals surface area contributed by atoms with Crippen molar-refractivity contribution in [2.75, 3.05) is 0 Å². The van der Waals surface area contributed by atoms with E-state index in [9.17, 15) is 9.59 Å². The highest BCUT2D eigenvalue weighted by molar-refractivity contribution is 7.18. The Kier molecular flexibility index (Phi) is 5.43. The third-order valence-electron chi connectivity index (χ3n) is 4.43. The average Bonchev–Trinajstić information content (AvgIpc) is 3.12. The molecule has 7 nitrogen and oxygen atoms in total. The summed E-state index contributed by atoms with van der Waals surface area (Å²) in [5.74, 6) is -0.222. The molecule has 2 heterocycles. The van der Waals surface area contributed by atoms with Gasteiger partial charge in [0.05, 0.1) is 5.02 Å². The molecule has 144 valence electrons. The first-order chi connectivity index (χ1) is 13.5. The number of nitrogens with zero attached hydrogens (tertiary/aromatic N) is 4. The van der Waals surface area contributed by atoms with Gasteiger partial charge in [-0.05, 0) is 43.5 Å². The largest absolute Gasteiger partial charge is 0.352 e. The molecule has 0 bridgehead atoms. The lowest BCUT2D eigenvalue weighted by Crippen LogP contribution is -2.42. The van der Waals surface area contributed by atoms with Gasteiger partial charge in [-0.2, -0.15) is 5.10 Å². The highest BCUT2D eigenvalue weighted by Crippen LogP contribution is 2.34. The molecular weight excluding hydrogens is 421 g/mol. The van der Waals surface area contributed by atoms with E-state index in [4.69, 9.17) is 23.2 Å². The molecule has 0 saturated heterocycles. The van der Waals surface area contributed by atoms with Gasteiger partial charge in [-0.25, -0.2) is 4.68 Å². The van der Waals surface area contributed by atoms with E-state index in [2.05, 4.69) is 20.6 Å². The second kappa shape index (κ2) is 7.98. The zero-order valence-electron chi connectivity index (χ0n) is 14.6. The van der Waals surface area contributed by atoms with Crippen molar-refractivity contribution < 1.29 is 4.79 Å². The Bertz CT molecular complexity index is 1090. The number of amides is 1. The number of hydrogen-bond donors (Lipinski definition) is 1. The van der Waals surface area contributed by atoms with Crippen LogP contribution in [-0.2, 0) is 11.3 Å². The van der Waals surface area contributed by atoms with Crippen LogP contribution in [0.3, 0.4) is 0 Å². The molecule has 0 atom stereocenters. The number of rotatable bonds is 5. The molecule has 2 aromatic heterocycles. The van der Waals surface area contributed by atoms with Crippen LogP contribution in [0.5, 0.6) is 0 Å². The van der Waals surface area contributed by atoms with Gasteiger partial charge in [-0.1, -0.05) is 34.5 Å². The van der Waals surface area contributed by atoms with Gasteiger partial charge in [-0.15, -0.1) is 10.2 Å². The number of halogens is 2. The number of aromatic nitrogens is 4. The first kappa shape index (κ1) is 19.0. The predicted octanol–water partition coefficient (Wildman–Crippen LogP) is 3.40. The molecule has 1 saturated carbocycles. The van der Waals surface area contributed by atoms with Crippen molar-refractivity contribution in [1.29, 1.82) is 0 Å². The SMILES string of the molecule is O=C(Cn1nc(-c2nnc(-c3cc(Cl)ccc3Cl)s2)ccc1=O)NC1CCC1. The van der Waals surface area contributed by atoms with Crippen molar-refractivity contribution in [2.45, 2.75) is 31.8 Å². The van der Waals surface area contributed by atoms with E-state index in [1.54, 1.807) is 24.3 Å². The van der Waals surface area contributed by atoms with Crippen molar-refractivity contribution in [2.24, 2.45) is 0 Å². The van der Waals surface area contributed by atoms with E-state index in [0.29, 0.717) is 31.3 Å². The van der Waals surface area contributed by atoms with Crippen molar-refractivity contribution in [3.63, 3.8) is 0 Å². The van der Waals surface area contributed by atoms with Crippen LogP contribution in [0.4, 0.5) is 0 Å². The molecule has 3 aromatic rings. The first-order valence-electron chi connectivity index (χ1n) is 8.66. The summed E-state index contributed by atoms with van der Waals surface area (Å²) in [6.07, 6.45) is 3.08. The third-order valence-corrected chi connectivity index (χ3v) is 5.98. The zero-order valence-corrected chi connectivity index (χ0v) is 16.9. The molecule has 1 aliphatic carbocycles. The summed E-state index contributed by atoms with van der Waals surface area (Å²) in [7, 11) is 0. The van der Waals surface area contributed by atoms with Crippen LogP contribution in [0.15, 0.2) is 35.1 Å². The van der Waals surface area contributed by atoms with Crippen molar-refractivity contribution >= 4 is 40.4 Å². The molecule has 1 aliphatic rings. The molecular formula is C18H15Cl2N5O2S. The molecule has 0 aliphatic heterocycles. The summed E-state index contributed by atoms with van der Waals surface area (Å²) in [5.41, 5.74) is 0.777. The van der Waals surface area contributed by atoms with Gasteiger partial charge >= 0.3 is 0 Å². The molecule has 1 aromatic carbocycles. The molecule has 1 N–H and O–H groups in total.